The molecule has 9 nitrogen and oxygen atoms in total. The molecule has 0 aliphatic heterocycles. The second-order valence-corrected chi connectivity index (χ2v) is 7.88. The van der Waals surface area contributed by atoms with Crippen LogP contribution in [0.2, 0.25) is 0 Å². The second kappa shape index (κ2) is 11.9. The smallest absolute Gasteiger partial charge is 0.269 e. The van der Waals surface area contributed by atoms with Crippen LogP contribution in [-0.4, -0.2) is 32.5 Å². The Morgan fingerprint density at radius 2 is 1.62 bits per heavy atom. The van der Waals surface area contributed by atoms with Gasteiger partial charge < -0.3 is 24.4 Å². The third kappa shape index (κ3) is 6.38. The number of rotatable bonds is 11. The normalized spacial score (nSPS) is 10.7. The fraction of sp³-hybridized carbons (Fsp3) is 0.208. The lowest BCUT2D eigenvalue weighted by atomic mass is 10.2. The lowest BCUT2D eigenvalue weighted by Crippen LogP contribution is -2.06. The Kier molecular flexibility index (Phi) is 8.69. The van der Waals surface area contributed by atoms with Crippen LogP contribution in [0.15, 0.2) is 64.2 Å². The zero-order chi connectivity index (χ0) is 24.5. The summed E-state index contributed by atoms with van der Waals surface area (Å²) in [6.45, 7) is 0.735. The molecule has 0 spiro atoms. The van der Waals surface area contributed by atoms with Gasteiger partial charge in [0.25, 0.3) is 5.69 Å². The highest BCUT2D eigenvalue weighted by atomic mass is 79.9. The molecule has 0 saturated heterocycles. The summed E-state index contributed by atoms with van der Waals surface area (Å²) in [7, 11) is 4.74. The molecular formula is C24H24BrN3O6. The third-order valence-corrected chi connectivity index (χ3v) is 5.41. The number of benzene rings is 3. The molecule has 10 heteroatoms. The van der Waals surface area contributed by atoms with E-state index in [0.717, 1.165) is 16.7 Å². The summed E-state index contributed by atoms with van der Waals surface area (Å²) in [5, 5.41) is 15.1. The van der Waals surface area contributed by atoms with Crippen molar-refractivity contribution in [3.05, 3.63) is 85.9 Å². The molecule has 1 N–H and O–H groups in total. The van der Waals surface area contributed by atoms with Crippen LogP contribution in [0.4, 0.5) is 5.69 Å². The van der Waals surface area contributed by atoms with E-state index in [9.17, 15) is 10.1 Å². The number of nitrogens with one attached hydrogen (secondary N) is 1. The molecular weight excluding hydrogens is 506 g/mol. The van der Waals surface area contributed by atoms with Gasteiger partial charge in [0.05, 0.1) is 43.5 Å². The predicted molar refractivity (Wildman–Crippen MR) is 132 cm³/mol. The number of nitro groups is 1. The van der Waals surface area contributed by atoms with Gasteiger partial charge in [0.2, 0.25) is 0 Å². The number of nitrogens with zero attached hydrogens (tertiary/aromatic N) is 2. The quantitative estimate of drug-likeness (QED) is 0.209. The molecule has 0 bridgehead atoms. The molecule has 3 aromatic carbocycles. The lowest BCUT2D eigenvalue weighted by Gasteiger charge is -2.13. The van der Waals surface area contributed by atoms with Crippen molar-refractivity contribution in [1.82, 2.24) is 5.43 Å². The summed E-state index contributed by atoms with van der Waals surface area (Å²) in [5.41, 5.74) is 5.62. The molecule has 0 aliphatic rings. The molecule has 3 aromatic rings. The van der Waals surface area contributed by atoms with Crippen molar-refractivity contribution in [2.45, 2.75) is 13.2 Å². The van der Waals surface area contributed by atoms with Gasteiger partial charge in [-0.1, -0.05) is 6.07 Å². The first-order chi connectivity index (χ1) is 16.4. The standard InChI is InChI=1S/C24H24BrN3O6/c1-31-21-9-6-17(11-22(21)32-2)13-26-27-14-18-10-20(25)24(23(12-18)33-3)34-15-16-4-7-19(8-5-16)28(29)30/h4-12,14,26H,13,15H2,1-3H3/b27-14+. The van der Waals surface area contributed by atoms with Crippen LogP contribution in [0, 0.1) is 10.1 Å². The van der Waals surface area contributed by atoms with Gasteiger partial charge in [0.15, 0.2) is 23.0 Å². The molecule has 34 heavy (non-hydrogen) atoms. The van der Waals surface area contributed by atoms with E-state index < -0.39 is 4.92 Å². The van der Waals surface area contributed by atoms with Crippen molar-refractivity contribution in [2.75, 3.05) is 21.3 Å². The summed E-state index contributed by atoms with van der Waals surface area (Å²) in [5.74, 6) is 2.38. The zero-order valence-corrected chi connectivity index (χ0v) is 20.5. The molecule has 0 aromatic heterocycles. The largest absolute Gasteiger partial charge is 0.493 e. The predicted octanol–water partition coefficient (Wildman–Crippen LogP) is 5.09. The Morgan fingerprint density at radius 3 is 2.26 bits per heavy atom. The first kappa shape index (κ1) is 24.8. The maximum atomic E-state index is 10.8. The van der Waals surface area contributed by atoms with Crippen LogP contribution in [0.1, 0.15) is 16.7 Å². The highest BCUT2D eigenvalue weighted by Gasteiger charge is 2.12. The van der Waals surface area contributed by atoms with Gasteiger partial charge in [0.1, 0.15) is 6.61 Å². The first-order valence-electron chi connectivity index (χ1n) is 10.2. The summed E-state index contributed by atoms with van der Waals surface area (Å²) in [6, 6.07) is 15.5. The number of methoxy groups -OCH3 is 3. The van der Waals surface area contributed by atoms with Crippen LogP contribution in [-0.2, 0) is 13.2 Å². The van der Waals surface area contributed by atoms with E-state index in [1.807, 2.05) is 24.3 Å². The van der Waals surface area contributed by atoms with E-state index in [4.69, 9.17) is 18.9 Å². The van der Waals surface area contributed by atoms with E-state index in [1.54, 1.807) is 45.7 Å². The minimum atomic E-state index is -0.437. The first-order valence-corrected chi connectivity index (χ1v) is 10.9. The Balaban J connectivity index is 1.63. The molecule has 3 rings (SSSR count). The summed E-state index contributed by atoms with van der Waals surface area (Å²) >= 11 is 3.52. The van der Waals surface area contributed by atoms with Crippen LogP contribution in [0.25, 0.3) is 0 Å². The molecule has 0 unspecified atom stereocenters. The third-order valence-electron chi connectivity index (χ3n) is 4.82. The van der Waals surface area contributed by atoms with Crippen molar-refractivity contribution < 1.29 is 23.9 Å². The fourth-order valence-electron chi connectivity index (χ4n) is 3.07. The average molecular weight is 530 g/mol. The van der Waals surface area contributed by atoms with E-state index in [2.05, 4.69) is 26.5 Å². The number of ether oxygens (including phenoxy) is 4. The van der Waals surface area contributed by atoms with Crippen LogP contribution < -0.4 is 24.4 Å². The molecule has 178 valence electrons. The van der Waals surface area contributed by atoms with Crippen molar-refractivity contribution in [3.63, 3.8) is 0 Å². The number of hydrogen-bond donors (Lipinski definition) is 1. The Bertz CT molecular complexity index is 1170. The summed E-state index contributed by atoms with van der Waals surface area (Å²) in [6.07, 6.45) is 1.67. The van der Waals surface area contributed by atoms with Gasteiger partial charge in [0, 0.05) is 12.1 Å². The lowest BCUT2D eigenvalue weighted by molar-refractivity contribution is -0.384. The minimum absolute atomic E-state index is 0.0332. The zero-order valence-electron chi connectivity index (χ0n) is 18.9. The Labute approximate surface area is 205 Å². The number of hydrogen-bond acceptors (Lipinski definition) is 8. The number of nitro benzene ring substituents is 1. The molecule has 0 atom stereocenters. The van der Waals surface area contributed by atoms with Crippen LogP contribution in [0.3, 0.4) is 0 Å². The van der Waals surface area contributed by atoms with E-state index in [1.165, 1.54) is 12.1 Å². The minimum Gasteiger partial charge on any atom is -0.493 e. The highest BCUT2D eigenvalue weighted by molar-refractivity contribution is 9.10. The number of halogens is 1. The van der Waals surface area contributed by atoms with Crippen molar-refractivity contribution in [3.8, 4) is 23.0 Å². The molecule has 0 aliphatic carbocycles. The van der Waals surface area contributed by atoms with Gasteiger partial charge in [-0.2, -0.15) is 5.10 Å². The molecule has 0 fully saturated rings. The van der Waals surface area contributed by atoms with Crippen LogP contribution in [0.5, 0.6) is 23.0 Å². The van der Waals surface area contributed by atoms with Crippen molar-refractivity contribution in [1.29, 1.82) is 0 Å². The molecule has 0 saturated carbocycles. The Hall–Kier alpha value is -3.79. The van der Waals surface area contributed by atoms with Gasteiger partial charge in [-0.15, -0.1) is 0 Å². The maximum absolute atomic E-state index is 10.8. The van der Waals surface area contributed by atoms with Crippen molar-refractivity contribution in [2.24, 2.45) is 5.10 Å². The fourth-order valence-corrected chi connectivity index (χ4v) is 3.65. The molecule has 0 radical (unpaired) electrons. The summed E-state index contributed by atoms with van der Waals surface area (Å²) in [4.78, 5) is 10.4. The van der Waals surface area contributed by atoms with Gasteiger partial charge in [-0.25, -0.2) is 0 Å². The van der Waals surface area contributed by atoms with Gasteiger partial charge in [-0.05, 0) is 69.0 Å². The van der Waals surface area contributed by atoms with E-state index in [-0.39, 0.29) is 12.3 Å². The molecule has 0 amide bonds. The molecule has 0 heterocycles. The number of hydrazone groups is 1. The van der Waals surface area contributed by atoms with Crippen molar-refractivity contribution >= 4 is 27.8 Å². The van der Waals surface area contributed by atoms with E-state index in [0.29, 0.717) is 34.0 Å². The summed E-state index contributed by atoms with van der Waals surface area (Å²) < 4.78 is 22.6. The topological polar surface area (TPSA) is 104 Å². The number of non-ortho nitro benzene ring substituents is 1. The van der Waals surface area contributed by atoms with Crippen LogP contribution >= 0.6 is 15.9 Å². The maximum Gasteiger partial charge on any atom is 0.269 e. The monoisotopic (exact) mass is 529 g/mol. The highest BCUT2D eigenvalue weighted by Crippen LogP contribution is 2.37. The van der Waals surface area contributed by atoms with E-state index >= 15 is 0 Å². The Morgan fingerprint density at radius 1 is 0.941 bits per heavy atom. The second-order valence-electron chi connectivity index (χ2n) is 7.03. The van der Waals surface area contributed by atoms with Gasteiger partial charge >= 0.3 is 0 Å². The SMILES string of the molecule is COc1ccc(CN/N=C/c2cc(Br)c(OCc3ccc([N+](=O)[O-])cc3)c(OC)c2)cc1OC. The van der Waals surface area contributed by atoms with Gasteiger partial charge in [-0.3, -0.25) is 10.1 Å². The average Bonchev–Trinajstić information content (AvgIpc) is 2.85.